The van der Waals surface area contributed by atoms with E-state index in [0.717, 1.165) is 77.0 Å². The molecule has 0 aromatic rings. The molecule has 5 atom stereocenters. The van der Waals surface area contributed by atoms with Gasteiger partial charge < -0.3 is 28.8 Å². The predicted molar refractivity (Wildman–Crippen MR) is 333 cm³/mol. The van der Waals surface area contributed by atoms with Gasteiger partial charge in [0.2, 0.25) is 0 Å². The van der Waals surface area contributed by atoms with Crippen molar-refractivity contribution in [2.24, 2.45) is 0 Å². The number of carbonyl (C=O) groups is 4. The molecular weight excluding hydrogens is 1000 g/mol. The lowest BCUT2D eigenvalue weighted by Crippen LogP contribution is -2.62. The Bertz CT molecular complexity index is 1370. The molecule has 80 heavy (non-hydrogen) atoms. The van der Waals surface area contributed by atoms with Crippen LogP contribution in [0.15, 0.2) is 0 Å². The molecule has 10 nitrogen and oxygen atoms in total. The summed E-state index contributed by atoms with van der Waals surface area (Å²) in [5.74, 6) is -1.93. The second kappa shape index (κ2) is 58.6. The van der Waals surface area contributed by atoms with E-state index in [2.05, 4.69) is 27.7 Å². The maximum Gasteiger partial charge on any atom is 0.306 e. The Labute approximate surface area is 494 Å². The summed E-state index contributed by atoms with van der Waals surface area (Å²) in [6.45, 7) is 8.71. The summed E-state index contributed by atoms with van der Waals surface area (Å²) in [5, 5.41) is 11.6. The Morgan fingerprint density at radius 3 is 0.725 bits per heavy atom. The van der Waals surface area contributed by atoms with Gasteiger partial charge in [-0.15, -0.1) is 0 Å². The largest absolute Gasteiger partial charge is 0.463 e. The number of unbranched alkanes of at least 4 members (excludes halogenated alkanes) is 48. The predicted octanol–water partition coefficient (Wildman–Crippen LogP) is 20.9. The van der Waals surface area contributed by atoms with Crippen molar-refractivity contribution in [1.29, 1.82) is 0 Å². The fourth-order valence-electron chi connectivity index (χ4n) is 11.5. The Kier molecular flexibility index (Phi) is 55.5. The second-order valence-corrected chi connectivity index (χ2v) is 24.6. The third-order valence-electron chi connectivity index (χ3n) is 16.8. The highest BCUT2D eigenvalue weighted by Crippen LogP contribution is 2.30. The molecule has 10 heteroatoms. The van der Waals surface area contributed by atoms with E-state index in [1.165, 1.54) is 231 Å². The molecule has 1 fully saturated rings. The quantitative estimate of drug-likeness (QED) is 0.0356. The maximum atomic E-state index is 13.8. The Balaban J connectivity index is 2.96. The van der Waals surface area contributed by atoms with Gasteiger partial charge in [0.1, 0.15) is 12.7 Å². The number of hydrogen-bond acceptors (Lipinski definition) is 10. The molecule has 1 aliphatic rings. The van der Waals surface area contributed by atoms with Crippen LogP contribution in [-0.2, 0) is 42.9 Å². The Morgan fingerprint density at radius 1 is 0.275 bits per heavy atom. The van der Waals surface area contributed by atoms with E-state index >= 15 is 0 Å². The minimum atomic E-state index is -1.69. The summed E-state index contributed by atoms with van der Waals surface area (Å²) in [6.07, 6.45) is 55.6. The lowest BCUT2D eigenvalue weighted by molar-refractivity contribution is -0.297. The van der Waals surface area contributed by atoms with E-state index in [1.54, 1.807) is 0 Å². The number of aliphatic hydroxyl groups is 1. The highest BCUT2D eigenvalue weighted by molar-refractivity contribution is 5.72. The molecular formula is C70H132O10. The minimum Gasteiger partial charge on any atom is -0.463 e. The van der Waals surface area contributed by atoms with E-state index in [0.29, 0.717) is 25.7 Å². The van der Waals surface area contributed by atoms with Crippen LogP contribution in [0.2, 0.25) is 0 Å². The number of ether oxygens (including phenoxy) is 5. The van der Waals surface area contributed by atoms with Crippen LogP contribution in [-0.4, -0.2) is 66.3 Å². The first-order valence-corrected chi connectivity index (χ1v) is 35.3. The van der Waals surface area contributed by atoms with Gasteiger partial charge in [0.15, 0.2) is 24.6 Å². The summed E-state index contributed by atoms with van der Waals surface area (Å²) in [4.78, 5) is 54.2. The van der Waals surface area contributed by atoms with Crippen molar-refractivity contribution >= 4 is 23.9 Å². The molecule has 0 bridgehead atoms. The second-order valence-electron chi connectivity index (χ2n) is 24.6. The smallest absolute Gasteiger partial charge is 0.306 e. The third-order valence-corrected chi connectivity index (χ3v) is 16.8. The van der Waals surface area contributed by atoms with Crippen LogP contribution >= 0.6 is 0 Å². The average molecular weight is 1130 g/mol. The molecule has 1 heterocycles. The topological polar surface area (TPSA) is 135 Å². The average Bonchev–Trinajstić information content (AvgIpc) is 3.44. The molecule has 0 spiro atoms. The fraction of sp³-hybridized carbons (Fsp3) is 0.943. The van der Waals surface area contributed by atoms with Crippen molar-refractivity contribution in [3.8, 4) is 0 Å². The van der Waals surface area contributed by atoms with Gasteiger partial charge in [-0.25, -0.2) is 0 Å². The number of hydrogen-bond donors (Lipinski definition) is 1. The number of esters is 4. The Hall–Kier alpha value is -2.20. The number of rotatable bonds is 61. The lowest BCUT2D eigenvalue weighted by atomic mass is 9.97. The summed E-state index contributed by atoms with van der Waals surface area (Å²) >= 11 is 0. The molecule has 0 saturated carbocycles. The van der Waals surface area contributed by atoms with Crippen LogP contribution in [0.4, 0.5) is 0 Å². The zero-order valence-electron chi connectivity index (χ0n) is 53.3. The van der Waals surface area contributed by atoms with Crippen LogP contribution in [0.3, 0.4) is 0 Å². The highest BCUT2D eigenvalue weighted by Gasteiger charge is 2.52. The molecule has 0 aliphatic carbocycles. The molecule has 0 amide bonds. The molecule has 1 aliphatic heterocycles. The molecule has 1 N–H and O–H groups in total. The molecule has 1 rings (SSSR count). The monoisotopic (exact) mass is 1130 g/mol. The number of carbonyl (C=O) groups excluding carboxylic acids is 4. The third kappa shape index (κ3) is 47.2. The van der Waals surface area contributed by atoms with Crippen LogP contribution in [0.25, 0.3) is 0 Å². The summed E-state index contributed by atoms with van der Waals surface area (Å²) in [5.41, 5.74) is 0. The molecule has 0 radical (unpaired) electrons. The van der Waals surface area contributed by atoms with Crippen LogP contribution in [0, 0.1) is 0 Å². The zero-order chi connectivity index (χ0) is 58.0. The van der Waals surface area contributed by atoms with Gasteiger partial charge in [0, 0.05) is 25.7 Å². The summed E-state index contributed by atoms with van der Waals surface area (Å²) in [6, 6.07) is 0. The van der Waals surface area contributed by atoms with Gasteiger partial charge in [0.25, 0.3) is 0 Å². The summed E-state index contributed by atoms with van der Waals surface area (Å²) < 4.78 is 30.1. The van der Waals surface area contributed by atoms with Crippen molar-refractivity contribution in [2.75, 3.05) is 6.61 Å². The van der Waals surface area contributed by atoms with Gasteiger partial charge in [-0.2, -0.15) is 0 Å². The first kappa shape index (κ1) is 75.8. The number of aliphatic hydroxyl groups excluding tert-OH is 1. The van der Waals surface area contributed by atoms with Crippen LogP contribution < -0.4 is 0 Å². The first-order valence-electron chi connectivity index (χ1n) is 35.3. The first-order chi connectivity index (χ1) is 39.3. The van der Waals surface area contributed by atoms with Gasteiger partial charge in [0.05, 0.1) is 0 Å². The van der Waals surface area contributed by atoms with Gasteiger partial charge in [-0.05, 0) is 25.7 Å². The summed E-state index contributed by atoms with van der Waals surface area (Å²) in [7, 11) is 0. The Morgan fingerprint density at radius 2 is 0.475 bits per heavy atom. The van der Waals surface area contributed by atoms with Crippen LogP contribution in [0.5, 0.6) is 0 Å². The fourth-order valence-corrected chi connectivity index (χ4v) is 11.5. The van der Waals surface area contributed by atoms with E-state index in [4.69, 9.17) is 23.7 Å². The normalized spacial score (nSPS) is 17.2. The zero-order valence-corrected chi connectivity index (χ0v) is 53.3. The van der Waals surface area contributed by atoms with Crippen molar-refractivity contribution in [3.05, 3.63) is 0 Å². The van der Waals surface area contributed by atoms with E-state index < -0.39 is 54.6 Å². The van der Waals surface area contributed by atoms with E-state index in [-0.39, 0.29) is 32.3 Å². The van der Waals surface area contributed by atoms with Crippen LogP contribution in [0.1, 0.15) is 387 Å². The van der Waals surface area contributed by atoms with Crippen molar-refractivity contribution in [2.45, 2.75) is 418 Å². The lowest BCUT2D eigenvalue weighted by Gasteiger charge is -2.43. The molecule has 472 valence electrons. The van der Waals surface area contributed by atoms with Gasteiger partial charge >= 0.3 is 23.9 Å². The molecule has 0 aromatic carbocycles. The van der Waals surface area contributed by atoms with Crippen molar-refractivity contribution in [3.63, 3.8) is 0 Å². The maximum absolute atomic E-state index is 13.8. The van der Waals surface area contributed by atoms with E-state index in [1.807, 2.05) is 0 Å². The standard InChI is InChI=1S/C70H132O10/c1-5-9-13-17-21-25-29-33-37-41-45-49-53-57-63(71)76-61-62-67(78-64(72)58-54-50-46-42-38-34-30-26-22-18-14-10-6-2)68(79-65(73)59-55-51-47-43-39-35-31-27-23-19-15-11-7-3)69(70(75)77-62)80-66(74)60-56-52-48-44-40-36-32-28-24-20-16-12-8-4/h62,67-70,75H,5-61H2,1-4H3/t62-,67+,68+,69-,70?/m1/s1. The SMILES string of the molecule is CCCCCCCCCCCCCCCC(=O)OC[C@H]1OC(O)[C@H](OC(=O)CCCCCCCCCCCCCCC)[C@@H](OC(=O)CCCCCCCCCCCCCCC)[C@H]1OC(=O)CCCCCCCCCCCCCCC. The minimum absolute atomic E-state index is 0.142. The molecule has 1 unspecified atom stereocenters. The van der Waals surface area contributed by atoms with Gasteiger partial charge in [-0.3, -0.25) is 19.2 Å². The van der Waals surface area contributed by atoms with Gasteiger partial charge in [-0.1, -0.05) is 336 Å². The van der Waals surface area contributed by atoms with Crippen molar-refractivity contribution < 1.29 is 48.0 Å². The molecule has 1 saturated heterocycles. The molecule has 0 aromatic heterocycles. The van der Waals surface area contributed by atoms with E-state index in [9.17, 15) is 24.3 Å². The van der Waals surface area contributed by atoms with Crippen molar-refractivity contribution in [1.82, 2.24) is 0 Å². The highest BCUT2D eigenvalue weighted by atomic mass is 16.7.